The van der Waals surface area contributed by atoms with E-state index < -0.39 is 0 Å². The maximum atomic E-state index is 13.3. The number of hydrogen-bond donors (Lipinski definition) is 1. The molecule has 1 saturated heterocycles. The minimum Gasteiger partial charge on any atom is -0.369 e. The monoisotopic (exact) mass is 355 g/mol. The molecule has 0 unspecified atom stereocenters. The normalized spacial score (nSPS) is 16.4. The average Bonchev–Trinajstić information content (AvgIpc) is 2.63. The molecular weight excluding hydrogens is 329 g/mol. The van der Waals surface area contributed by atoms with Crippen LogP contribution in [0.5, 0.6) is 0 Å². The maximum Gasteiger partial charge on any atom is 0.241 e. The Kier molecular flexibility index (Phi) is 5.57. The molecule has 1 fully saturated rings. The Morgan fingerprint density at radius 1 is 1.08 bits per heavy atom. The second-order valence-electron chi connectivity index (χ2n) is 6.92. The summed E-state index contributed by atoms with van der Waals surface area (Å²) in [4.78, 5) is 17.0. The fourth-order valence-electron chi connectivity index (χ4n) is 3.41. The van der Waals surface area contributed by atoms with Crippen LogP contribution < -0.4 is 10.2 Å². The Morgan fingerprint density at radius 2 is 1.77 bits per heavy atom. The van der Waals surface area contributed by atoms with Crippen molar-refractivity contribution in [3.63, 3.8) is 0 Å². The van der Waals surface area contributed by atoms with Crippen LogP contribution in [0.15, 0.2) is 42.5 Å². The van der Waals surface area contributed by atoms with Gasteiger partial charge in [0.15, 0.2) is 0 Å². The van der Waals surface area contributed by atoms with Gasteiger partial charge in [-0.15, -0.1) is 0 Å². The van der Waals surface area contributed by atoms with E-state index >= 15 is 0 Å². The highest BCUT2D eigenvalue weighted by atomic mass is 19.1. The van der Waals surface area contributed by atoms with Crippen molar-refractivity contribution in [3.8, 4) is 0 Å². The van der Waals surface area contributed by atoms with Crippen LogP contribution in [0.1, 0.15) is 18.1 Å². The summed E-state index contributed by atoms with van der Waals surface area (Å²) >= 11 is 0. The van der Waals surface area contributed by atoms with E-state index in [4.69, 9.17) is 0 Å². The molecule has 1 aliphatic heterocycles. The van der Waals surface area contributed by atoms with E-state index in [0.29, 0.717) is 5.69 Å². The van der Waals surface area contributed by atoms with Crippen molar-refractivity contribution in [1.82, 2.24) is 4.90 Å². The molecule has 0 saturated carbocycles. The Morgan fingerprint density at radius 3 is 2.46 bits per heavy atom. The highest BCUT2D eigenvalue weighted by molar-refractivity contribution is 5.94. The summed E-state index contributed by atoms with van der Waals surface area (Å²) in [6.07, 6.45) is 0. The number of nitrogens with zero attached hydrogens (tertiary/aromatic N) is 2. The predicted octanol–water partition coefficient (Wildman–Crippen LogP) is 3.59. The molecule has 138 valence electrons. The lowest BCUT2D eigenvalue weighted by atomic mass is 10.1. The van der Waals surface area contributed by atoms with E-state index in [0.717, 1.165) is 26.2 Å². The standard InChI is InChI=1S/C21H26FN3O/c1-15-6-4-9-20(16(15)2)25-12-10-24(11-13-25)17(3)21(26)23-19-8-5-7-18(22)14-19/h4-9,14,17H,10-13H2,1-3H3,(H,23,26)/t17-/m1/s1. The van der Waals surface area contributed by atoms with E-state index in [1.807, 2.05) is 6.92 Å². The van der Waals surface area contributed by atoms with Crippen LogP contribution >= 0.6 is 0 Å². The summed E-state index contributed by atoms with van der Waals surface area (Å²) < 4.78 is 13.3. The third kappa shape index (κ3) is 4.05. The summed E-state index contributed by atoms with van der Waals surface area (Å²) in [7, 11) is 0. The van der Waals surface area contributed by atoms with Gasteiger partial charge in [-0.3, -0.25) is 9.69 Å². The highest BCUT2D eigenvalue weighted by Gasteiger charge is 2.26. The van der Waals surface area contributed by atoms with E-state index in [2.05, 4.69) is 47.2 Å². The molecule has 5 heteroatoms. The number of amides is 1. The second-order valence-corrected chi connectivity index (χ2v) is 6.92. The molecule has 1 aliphatic rings. The molecule has 0 bridgehead atoms. The zero-order valence-corrected chi connectivity index (χ0v) is 15.6. The van der Waals surface area contributed by atoms with Crippen molar-refractivity contribution >= 4 is 17.3 Å². The molecule has 1 heterocycles. The van der Waals surface area contributed by atoms with Gasteiger partial charge in [0, 0.05) is 37.6 Å². The van der Waals surface area contributed by atoms with Crippen LogP contribution in [-0.2, 0) is 4.79 Å². The van der Waals surface area contributed by atoms with Gasteiger partial charge in [-0.05, 0) is 56.2 Å². The first-order valence-electron chi connectivity index (χ1n) is 9.07. The molecule has 0 radical (unpaired) electrons. The summed E-state index contributed by atoms with van der Waals surface area (Å²) in [6.45, 7) is 9.63. The fraction of sp³-hybridized carbons (Fsp3) is 0.381. The lowest BCUT2D eigenvalue weighted by Crippen LogP contribution is -2.53. The average molecular weight is 355 g/mol. The summed E-state index contributed by atoms with van der Waals surface area (Å²) in [5.41, 5.74) is 4.39. The molecule has 4 nitrogen and oxygen atoms in total. The van der Waals surface area contributed by atoms with Gasteiger partial charge in [0.2, 0.25) is 5.91 Å². The van der Waals surface area contributed by atoms with Crippen LogP contribution in [0.3, 0.4) is 0 Å². The Bertz CT molecular complexity index is 785. The van der Waals surface area contributed by atoms with E-state index in [1.54, 1.807) is 12.1 Å². The minimum absolute atomic E-state index is 0.101. The van der Waals surface area contributed by atoms with Crippen molar-refractivity contribution in [1.29, 1.82) is 0 Å². The van der Waals surface area contributed by atoms with Gasteiger partial charge in [-0.1, -0.05) is 18.2 Å². The molecule has 3 rings (SSSR count). The number of nitrogens with one attached hydrogen (secondary N) is 1. The van der Waals surface area contributed by atoms with E-state index in [1.165, 1.54) is 28.9 Å². The van der Waals surface area contributed by atoms with Crippen LogP contribution in [0.4, 0.5) is 15.8 Å². The van der Waals surface area contributed by atoms with Gasteiger partial charge in [0.25, 0.3) is 0 Å². The number of rotatable bonds is 4. The molecule has 26 heavy (non-hydrogen) atoms. The molecule has 2 aromatic carbocycles. The van der Waals surface area contributed by atoms with E-state index in [-0.39, 0.29) is 17.8 Å². The Hall–Kier alpha value is -2.40. The van der Waals surface area contributed by atoms with Gasteiger partial charge in [0.05, 0.1) is 6.04 Å². The van der Waals surface area contributed by atoms with Crippen molar-refractivity contribution in [3.05, 3.63) is 59.4 Å². The Balaban J connectivity index is 1.58. The molecule has 1 amide bonds. The molecule has 1 N–H and O–H groups in total. The zero-order valence-electron chi connectivity index (χ0n) is 15.6. The predicted molar refractivity (Wildman–Crippen MR) is 104 cm³/mol. The number of hydrogen-bond acceptors (Lipinski definition) is 3. The number of carbonyl (C=O) groups excluding carboxylic acids is 1. The Labute approximate surface area is 154 Å². The fourth-order valence-corrected chi connectivity index (χ4v) is 3.41. The molecule has 0 spiro atoms. The lowest BCUT2D eigenvalue weighted by molar-refractivity contribution is -0.120. The van der Waals surface area contributed by atoms with E-state index in [9.17, 15) is 9.18 Å². The van der Waals surface area contributed by atoms with Gasteiger partial charge in [0.1, 0.15) is 5.82 Å². The van der Waals surface area contributed by atoms with Crippen molar-refractivity contribution in [2.24, 2.45) is 0 Å². The number of aryl methyl sites for hydroxylation is 1. The third-order valence-corrected chi connectivity index (χ3v) is 5.25. The molecular formula is C21H26FN3O. The minimum atomic E-state index is -0.349. The lowest BCUT2D eigenvalue weighted by Gasteiger charge is -2.39. The summed E-state index contributed by atoms with van der Waals surface area (Å²) in [6, 6.07) is 12.1. The first-order chi connectivity index (χ1) is 12.5. The van der Waals surface area contributed by atoms with Gasteiger partial charge in [-0.25, -0.2) is 4.39 Å². The van der Waals surface area contributed by atoms with Gasteiger partial charge >= 0.3 is 0 Å². The number of carbonyl (C=O) groups is 1. The number of halogens is 1. The maximum absolute atomic E-state index is 13.3. The topological polar surface area (TPSA) is 35.6 Å². The summed E-state index contributed by atoms with van der Waals surface area (Å²) in [5.74, 6) is -0.451. The van der Waals surface area contributed by atoms with Crippen LogP contribution in [0.25, 0.3) is 0 Å². The van der Waals surface area contributed by atoms with Crippen LogP contribution in [0.2, 0.25) is 0 Å². The first kappa shape index (κ1) is 18.4. The quantitative estimate of drug-likeness (QED) is 0.910. The molecule has 2 aromatic rings. The molecule has 1 atom stereocenters. The molecule has 0 aromatic heterocycles. The van der Waals surface area contributed by atoms with Crippen LogP contribution in [0, 0.1) is 19.7 Å². The number of benzene rings is 2. The number of anilines is 2. The molecule has 0 aliphatic carbocycles. The largest absolute Gasteiger partial charge is 0.369 e. The van der Waals surface area contributed by atoms with Crippen molar-refractivity contribution in [2.45, 2.75) is 26.8 Å². The van der Waals surface area contributed by atoms with Gasteiger partial charge in [-0.2, -0.15) is 0 Å². The number of piperazine rings is 1. The smallest absolute Gasteiger partial charge is 0.241 e. The highest BCUT2D eigenvalue weighted by Crippen LogP contribution is 2.24. The summed E-state index contributed by atoms with van der Waals surface area (Å²) in [5, 5.41) is 2.81. The second kappa shape index (κ2) is 7.87. The van der Waals surface area contributed by atoms with Crippen LogP contribution in [-0.4, -0.2) is 43.0 Å². The van der Waals surface area contributed by atoms with Gasteiger partial charge < -0.3 is 10.2 Å². The SMILES string of the molecule is Cc1cccc(N2CCN([C@H](C)C(=O)Nc3cccc(F)c3)CC2)c1C. The van der Waals surface area contributed by atoms with Crippen molar-refractivity contribution in [2.75, 3.05) is 36.4 Å². The zero-order chi connectivity index (χ0) is 18.7. The van der Waals surface area contributed by atoms with Crippen molar-refractivity contribution < 1.29 is 9.18 Å². The third-order valence-electron chi connectivity index (χ3n) is 5.25. The first-order valence-corrected chi connectivity index (χ1v) is 9.07.